The summed E-state index contributed by atoms with van der Waals surface area (Å²) in [5.74, 6) is 1.99. The monoisotopic (exact) mass is 406 g/mol. The lowest BCUT2D eigenvalue weighted by molar-refractivity contribution is -0.116. The molecule has 2 aliphatic heterocycles. The summed E-state index contributed by atoms with van der Waals surface area (Å²) in [5.41, 5.74) is 4.24. The zero-order valence-corrected chi connectivity index (χ0v) is 17.3. The second kappa shape index (κ2) is 7.60. The first-order chi connectivity index (χ1) is 14.6. The second-order valence-electron chi connectivity index (χ2n) is 7.93. The van der Waals surface area contributed by atoms with Gasteiger partial charge in [0.1, 0.15) is 17.7 Å². The molecule has 0 saturated carbocycles. The SMILES string of the molecule is CC(=O)N(C)c1ccc(OC2CN(c3c4c(nc5ccnn35)CCNCC4)C2)cc1. The van der Waals surface area contributed by atoms with Crippen molar-refractivity contribution in [1.82, 2.24) is 19.9 Å². The molecule has 4 heterocycles. The highest BCUT2D eigenvalue weighted by molar-refractivity contribution is 5.90. The quantitative estimate of drug-likeness (QED) is 0.711. The third kappa shape index (κ3) is 3.37. The van der Waals surface area contributed by atoms with Gasteiger partial charge < -0.3 is 19.9 Å². The summed E-state index contributed by atoms with van der Waals surface area (Å²) in [7, 11) is 1.77. The molecule has 1 aromatic carbocycles. The second-order valence-corrected chi connectivity index (χ2v) is 7.93. The summed E-state index contributed by atoms with van der Waals surface area (Å²) in [6.07, 6.45) is 3.84. The number of hydrogen-bond donors (Lipinski definition) is 1. The van der Waals surface area contributed by atoms with Crippen molar-refractivity contribution in [1.29, 1.82) is 0 Å². The van der Waals surface area contributed by atoms with Crippen LogP contribution in [0.1, 0.15) is 18.2 Å². The normalized spacial score (nSPS) is 16.7. The fourth-order valence-corrected chi connectivity index (χ4v) is 4.15. The van der Waals surface area contributed by atoms with E-state index in [2.05, 4.69) is 15.3 Å². The Hall–Kier alpha value is -3.13. The first-order valence-corrected chi connectivity index (χ1v) is 10.4. The number of ether oxygens (including phenoxy) is 1. The number of fused-ring (bicyclic) bond motifs is 2. The van der Waals surface area contributed by atoms with Gasteiger partial charge in [-0.25, -0.2) is 4.98 Å². The lowest BCUT2D eigenvalue weighted by Gasteiger charge is -2.41. The molecule has 156 valence electrons. The summed E-state index contributed by atoms with van der Waals surface area (Å²) in [6.45, 7) is 5.11. The smallest absolute Gasteiger partial charge is 0.223 e. The van der Waals surface area contributed by atoms with Crippen LogP contribution in [0.15, 0.2) is 36.5 Å². The lowest BCUT2D eigenvalue weighted by atomic mass is 10.1. The van der Waals surface area contributed by atoms with Crippen molar-refractivity contribution in [3.63, 3.8) is 0 Å². The van der Waals surface area contributed by atoms with Crippen molar-refractivity contribution in [2.24, 2.45) is 0 Å². The largest absolute Gasteiger partial charge is 0.487 e. The number of carbonyl (C=O) groups is 1. The maximum absolute atomic E-state index is 11.5. The third-order valence-corrected chi connectivity index (χ3v) is 5.93. The number of aromatic nitrogens is 3. The molecule has 30 heavy (non-hydrogen) atoms. The topological polar surface area (TPSA) is 75.0 Å². The number of amides is 1. The molecule has 0 radical (unpaired) electrons. The third-order valence-electron chi connectivity index (χ3n) is 5.93. The summed E-state index contributed by atoms with van der Waals surface area (Å²) >= 11 is 0. The van der Waals surface area contributed by atoms with Gasteiger partial charge in [0.2, 0.25) is 5.91 Å². The van der Waals surface area contributed by atoms with Crippen LogP contribution in [0.25, 0.3) is 5.65 Å². The van der Waals surface area contributed by atoms with E-state index in [0.717, 1.165) is 61.9 Å². The van der Waals surface area contributed by atoms with Gasteiger partial charge in [-0.3, -0.25) is 4.79 Å². The zero-order chi connectivity index (χ0) is 20.7. The predicted octanol–water partition coefficient (Wildman–Crippen LogP) is 1.67. The number of nitrogens with zero attached hydrogens (tertiary/aromatic N) is 5. The molecule has 0 aliphatic carbocycles. The van der Waals surface area contributed by atoms with Crippen LogP contribution in [0.3, 0.4) is 0 Å². The number of nitrogens with one attached hydrogen (secondary N) is 1. The van der Waals surface area contributed by atoms with Crippen LogP contribution >= 0.6 is 0 Å². The molecule has 8 heteroatoms. The molecule has 2 aliphatic rings. The van der Waals surface area contributed by atoms with Crippen LogP contribution in [0.2, 0.25) is 0 Å². The Morgan fingerprint density at radius 3 is 2.70 bits per heavy atom. The van der Waals surface area contributed by atoms with Crippen molar-refractivity contribution in [3.05, 3.63) is 47.8 Å². The van der Waals surface area contributed by atoms with Crippen LogP contribution < -0.4 is 19.9 Å². The van der Waals surface area contributed by atoms with E-state index in [0.29, 0.717) is 0 Å². The number of anilines is 2. The van der Waals surface area contributed by atoms with Crippen molar-refractivity contribution < 1.29 is 9.53 Å². The molecule has 0 atom stereocenters. The molecule has 0 spiro atoms. The Bertz CT molecular complexity index is 1070. The lowest BCUT2D eigenvalue weighted by Crippen LogP contribution is -2.55. The van der Waals surface area contributed by atoms with Crippen LogP contribution in [-0.2, 0) is 17.6 Å². The zero-order valence-electron chi connectivity index (χ0n) is 17.3. The standard InChI is InChI=1S/C22H26N6O2/c1-15(29)26(2)16-3-5-17(6-4-16)30-18-13-27(14-18)22-19-7-10-23-11-8-20(19)25-21-9-12-24-28(21)22/h3-6,9,12,18,23H,7-8,10-11,13-14H2,1-2H3. The van der Waals surface area contributed by atoms with E-state index in [1.807, 2.05) is 41.0 Å². The Kier molecular flexibility index (Phi) is 4.78. The van der Waals surface area contributed by atoms with Crippen LogP contribution in [0, 0.1) is 0 Å². The van der Waals surface area contributed by atoms with E-state index in [-0.39, 0.29) is 12.0 Å². The van der Waals surface area contributed by atoms with Gasteiger partial charge in [0, 0.05) is 44.3 Å². The van der Waals surface area contributed by atoms with E-state index in [1.165, 1.54) is 11.3 Å². The number of carbonyl (C=O) groups excluding carboxylic acids is 1. The highest BCUT2D eigenvalue weighted by Crippen LogP contribution is 2.31. The van der Waals surface area contributed by atoms with Crippen molar-refractivity contribution >= 4 is 23.1 Å². The van der Waals surface area contributed by atoms with Crippen LogP contribution in [0.4, 0.5) is 11.5 Å². The van der Waals surface area contributed by atoms with E-state index >= 15 is 0 Å². The van der Waals surface area contributed by atoms with Gasteiger partial charge in [0.05, 0.1) is 25.0 Å². The molecule has 0 unspecified atom stereocenters. The molecule has 1 saturated heterocycles. The van der Waals surface area contributed by atoms with Gasteiger partial charge >= 0.3 is 0 Å². The summed E-state index contributed by atoms with van der Waals surface area (Å²) in [6, 6.07) is 9.64. The van der Waals surface area contributed by atoms with E-state index in [1.54, 1.807) is 18.9 Å². The number of benzene rings is 1. The van der Waals surface area contributed by atoms with Gasteiger partial charge in [0.25, 0.3) is 0 Å². The molecule has 8 nitrogen and oxygen atoms in total. The summed E-state index contributed by atoms with van der Waals surface area (Å²) in [4.78, 5) is 20.3. The molecule has 0 bridgehead atoms. The maximum atomic E-state index is 11.5. The fourth-order valence-electron chi connectivity index (χ4n) is 4.15. The van der Waals surface area contributed by atoms with E-state index < -0.39 is 0 Å². The van der Waals surface area contributed by atoms with Gasteiger partial charge in [-0.1, -0.05) is 0 Å². The minimum atomic E-state index is 0.00919. The Morgan fingerprint density at radius 2 is 1.93 bits per heavy atom. The molecule has 1 N–H and O–H groups in total. The average Bonchev–Trinajstić information content (AvgIpc) is 3.06. The average molecular weight is 406 g/mol. The number of rotatable bonds is 4. The minimum absolute atomic E-state index is 0.00919. The van der Waals surface area contributed by atoms with Crippen molar-refractivity contribution in [3.8, 4) is 5.75 Å². The summed E-state index contributed by atoms with van der Waals surface area (Å²) in [5, 5.41) is 8.00. The highest BCUT2D eigenvalue weighted by atomic mass is 16.5. The highest BCUT2D eigenvalue weighted by Gasteiger charge is 2.33. The number of hydrogen-bond acceptors (Lipinski definition) is 6. The van der Waals surface area contributed by atoms with Crippen molar-refractivity contribution in [2.45, 2.75) is 25.9 Å². The first-order valence-electron chi connectivity index (χ1n) is 10.4. The molecule has 5 rings (SSSR count). The van der Waals surface area contributed by atoms with Gasteiger partial charge in [-0.05, 0) is 37.2 Å². The van der Waals surface area contributed by atoms with Crippen LogP contribution in [0.5, 0.6) is 5.75 Å². The fraction of sp³-hybridized carbons (Fsp3) is 0.409. The van der Waals surface area contributed by atoms with Gasteiger partial charge in [0.15, 0.2) is 5.65 Å². The van der Waals surface area contributed by atoms with Gasteiger partial charge in [-0.15, -0.1) is 0 Å². The Balaban J connectivity index is 1.31. The Morgan fingerprint density at radius 1 is 1.17 bits per heavy atom. The van der Waals surface area contributed by atoms with Crippen LogP contribution in [-0.4, -0.2) is 59.8 Å². The molecule has 1 amide bonds. The summed E-state index contributed by atoms with van der Waals surface area (Å²) < 4.78 is 8.12. The molecular weight excluding hydrogens is 380 g/mol. The van der Waals surface area contributed by atoms with Gasteiger partial charge in [-0.2, -0.15) is 9.61 Å². The molecule has 2 aromatic heterocycles. The van der Waals surface area contributed by atoms with Crippen molar-refractivity contribution in [2.75, 3.05) is 43.0 Å². The Labute approximate surface area is 175 Å². The molecule has 1 fully saturated rings. The first kappa shape index (κ1) is 18.9. The minimum Gasteiger partial charge on any atom is -0.487 e. The maximum Gasteiger partial charge on any atom is 0.223 e. The predicted molar refractivity (Wildman–Crippen MR) is 115 cm³/mol. The van der Waals surface area contributed by atoms with E-state index in [4.69, 9.17) is 9.72 Å². The molecule has 3 aromatic rings. The van der Waals surface area contributed by atoms with E-state index in [9.17, 15) is 4.79 Å². The molecular formula is C22H26N6O2.